The quantitative estimate of drug-likeness (QED) is 0.161. The van der Waals surface area contributed by atoms with Gasteiger partial charge in [-0.1, -0.05) is 121 Å². The number of carbonyl (C=O) groups is 6. The fraction of sp³-hybridized carbons (Fsp3) is 0.348. The third-order valence-electron chi connectivity index (χ3n) is 10.9. The molecule has 278 valence electrons. The Labute approximate surface area is 317 Å². The summed E-state index contributed by atoms with van der Waals surface area (Å²) in [5.41, 5.74) is 1.29. The molecule has 8 nitrogen and oxygen atoms in total. The van der Waals surface area contributed by atoms with Crippen molar-refractivity contribution in [2.45, 2.75) is 86.5 Å². The molecule has 2 amide bonds. The van der Waals surface area contributed by atoms with Gasteiger partial charge in [-0.05, 0) is 54.9 Å². The van der Waals surface area contributed by atoms with Gasteiger partial charge in [0, 0.05) is 44.7 Å². The monoisotopic (exact) mass is 724 g/mol. The molecule has 0 unspecified atom stereocenters. The molecule has 0 spiro atoms. The number of nitrogens with one attached hydrogen (secondary N) is 2. The van der Waals surface area contributed by atoms with Crippen LogP contribution >= 0.6 is 0 Å². The second-order valence-electron chi connectivity index (χ2n) is 15.3. The van der Waals surface area contributed by atoms with Crippen LogP contribution in [0.4, 0.5) is 11.4 Å². The smallest absolute Gasteiger partial charge is 0.230 e. The first-order valence-corrected chi connectivity index (χ1v) is 19.2. The molecule has 4 aromatic rings. The average molecular weight is 725 g/mol. The van der Waals surface area contributed by atoms with E-state index < -0.39 is 28.5 Å². The summed E-state index contributed by atoms with van der Waals surface area (Å²) in [6.45, 7) is 11.9. The van der Waals surface area contributed by atoms with Gasteiger partial charge in [-0.15, -0.1) is 0 Å². The van der Waals surface area contributed by atoms with Gasteiger partial charge in [0.25, 0.3) is 0 Å². The zero-order valence-electron chi connectivity index (χ0n) is 32.0. The van der Waals surface area contributed by atoms with Gasteiger partial charge in [0.05, 0.1) is 22.5 Å². The first kappa shape index (κ1) is 38.2. The standard InChI is InChI=1S/C44H42N2O6.C2H6/c1-24(2)22-23-44(3,4)43(52)46-33-21-19-27(35-37(33)41(50)31-17-11-9-15-29(31)39(35)48)26-18-20-32(45-42(51)25-12-6-5-7-13-25)36-34(26)38(47)28-14-8-10-16-30(28)40(36)49;1-2/h8-11,14-21,24-25H,5-7,12-13,22-23H2,1-4H3,(H,45,51)(H,46,52);1-2H3. The predicted molar refractivity (Wildman–Crippen MR) is 212 cm³/mol. The summed E-state index contributed by atoms with van der Waals surface area (Å²) >= 11 is 0. The van der Waals surface area contributed by atoms with Crippen molar-refractivity contribution < 1.29 is 28.8 Å². The van der Waals surface area contributed by atoms with E-state index in [0.717, 1.165) is 38.5 Å². The van der Waals surface area contributed by atoms with E-state index in [0.29, 0.717) is 12.3 Å². The molecule has 4 aromatic carbocycles. The van der Waals surface area contributed by atoms with Crippen molar-refractivity contribution in [3.63, 3.8) is 0 Å². The van der Waals surface area contributed by atoms with Crippen LogP contribution < -0.4 is 10.6 Å². The Balaban J connectivity index is 0.00000245. The van der Waals surface area contributed by atoms with E-state index in [9.17, 15) is 28.8 Å². The topological polar surface area (TPSA) is 126 Å². The molecule has 2 N–H and O–H groups in total. The zero-order chi connectivity index (χ0) is 38.9. The number of hydrogen-bond donors (Lipinski definition) is 2. The Morgan fingerprint density at radius 1 is 0.593 bits per heavy atom. The average Bonchev–Trinajstić information content (AvgIpc) is 3.19. The van der Waals surface area contributed by atoms with E-state index in [1.165, 1.54) is 0 Å². The second-order valence-corrected chi connectivity index (χ2v) is 15.3. The molecule has 0 aliphatic heterocycles. The lowest BCUT2D eigenvalue weighted by molar-refractivity contribution is -0.124. The SMILES string of the molecule is CC.CC(C)CCC(C)(C)C(=O)Nc1ccc(-c2ccc(NC(=O)C3CCCCC3)c3c2C(=O)c2ccccc2C3=O)c2c1C(=O)c1ccccc1C2=O. The highest BCUT2D eigenvalue weighted by Gasteiger charge is 2.39. The number of benzene rings is 4. The van der Waals surface area contributed by atoms with Crippen LogP contribution in [0.25, 0.3) is 11.1 Å². The minimum absolute atomic E-state index is 0.0348. The highest BCUT2D eigenvalue weighted by Crippen LogP contribution is 2.44. The Morgan fingerprint density at radius 3 is 1.43 bits per heavy atom. The fourth-order valence-electron chi connectivity index (χ4n) is 7.76. The summed E-state index contributed by atoms with van der Waals surface area (Å²) in [5.74, 6) is -1.99. The van der Waals surface area contributed by atoms with Crippen LogP contribution in [0.1, 0.15) is 150 Å². The Bertz CT molecular complexity index is 2200. The molecular formula is C46H48N2O6. The van der Waals surface area contributed by atoms with E-state index in [1.54, 1.807) is 72.8 Å². The summed E-state index contributed by atoms with van der Waals surface area (Å²) in [4.78, 5) is 84.7. The molecule has 1 saturated carbocycles. The van der Waals surface area contributed by atoms with E-state index in [1.807, 2.05) is 27.7 Å². The lowest BCUT2D eigenvalue weighted by Crippen LogP contribution is -2.33. The summed E-state index contributed by atoms with van der Waals surface area (Å²) in [6.07, 6.45) is 5.94. The van der Waals surface area contributed by atoms with Gasteiger partial charge in [-0.2, -0.15) is 0 Å². The number of anilines is 2. The van der Waals surface area contributed by atoms with Crippen LogP contribution in [-0.4, -0.2) is 34.9 Å². The molecule has 0 radical (unpaired) electrons. The molecule has 1 fully saturated rings. The van der Waals surface area contributed by atoms with Gasteiger partial charge in [0.1, 0.15) is 0 Å². The lowest BCUT2D eigenvalue weighted by atomic mass is 9.75. The Hall–Kier alpha value is -5.50. The maximum atomic E-state index is 14.5. The van der Waals surface area contributed by atoms with Crippen molar-refractivity contribution in [1.29, 1.82) is 0 Å². The van der Waals surface area contributed by atoms with E-state index in [-0.39, 0.29) is 84.7 Å². The Kier molecular flexibility index (Phi) is 10.9. The molecular weight excluding hydrogens is 677 g/mol. The van der Waals surface area contributed by atoms with Crippen molar-refractivity contribution in [2.24, 2.45) is 17.3 Å². The van der Waals surface area contributed by atoms with E-state index >= 15 is 0 Å². The maximum Gasteiger partial charge on any atom is 0.230 e. The lowest BCUT2D eigenvalue weighted by Gasteiger charge is -2.28. The molecule has 0 bridgehead atoms. The molecule has 7 rings (SSSR count). The third-order valence-corrected chi connectivity index (χ3v) is 10.9. The summed E-state index contributed by atoms with van der Waals surface area (Å²) in [7, 11) is 0. The second kappa shape index (κ2) is 15.5. The largest absolute Gasteiger partial charge is 0.325 e. The van der Waals surface area contributed by atoms with Crippen LogP contribution in [0.2, 0.25) is 0 Å². The fourth-order valence-corrected chi connectivity index (χ4v) is 7.76. The molecule has 8 heteroatoms. The molecule has 0 aromatic heterocycles. The highest BCUT2D eigenvalue weighted by molar-refractivity contribution is 6.35. The van der Waals surface area contributed by atoms with Crippen molar-refractivity contribution in [2.75, 3.05) is 10.6 Å². The van der Waals surface area contributed by atoms with Gasteiger partial charge in [0.15, 0.2) is 23.1 Å². The van der Waals surface area contributed by atoms with Gasteiger partial charge in [-0.3, -0.25) is 28.8 Å². The minimum Gasteiger partial charge on any atom is -0.325 e. The summed E-state index contributed by atoms with van der Waals surface area (Å²) < 4.78 is 0. The van der Waals surface area contributed by atoms with Crippen molar-refractivity contribution >= 4 is 46.3 Å². The maximum absolute atomic E-state index is 14.5. The molecule has 3 aliphatic rings. The normalized spacial score (nSPS) is 15.0. The van der Waals surface area contributed by atoms with Gasteiger partial charge in [0.2, 0.25) is 11.8 Å². The van der Waals surface area contributed by atoms with Gasteiger partial charge < -0.3 is 10.6 Å². The highest BCUT2D eigenvalue weighted by atomic mass is 16.2. The number of hydrogen-bond acceptors (Lipinski definition) is 6. The van der Waals surface area contributed by atoms with Crippen molar-refractivity contribution in [1.82, 2.24) is 0 Å². The van der Waals surface area contributed by atoms with Crippen LogP contribution in [0.15, 0.2) is 72.8 Å². The molecule has 0 saturated heterocycles. The zero-order valence-corrected chi connectivity index (χ0v) is 32.0. The van der Waals surface area contributed by atoms with Crippen molar-refractivity contribution in [3.8, 4) is 11.1 Å². The van der Waals surface area contributed by atoms with Gasteiger partial charge in [-0.25, -0.2) is 0 Å². The van der Waals surface area contributed by atoms with E-state index in [4.69, 9.17) is 0 Å². The molecule has 0 heterocycles. The first-order chi connectivity index (χ1) is 25.9. The van der Waals surface area contributed by atoms with Gasteiger partial charge >= 0.3 is 0 Å². The third kappa shape index (κ3) is 6.86. The number of carbonyl (C=O) groups excluding carboxylic acids is 6. The summed E-state index contributed by atoms with van der Waals surface area (Å²) in [6, 6.07) is 19.6. The van der Waals surface area contributed by atoms with E-state index in [2.05, 4.69) is 24.5 Å². The number of rotatable bonds is 8. The molecule has 54 heavy (non-hydrogen) atoms. The molecule has 0 atom stereocenters. The number of amides is 2. The van der Waals surface area contributed by atoms with Crippen LogP contribution in [0, 0.1) is 17.3 Å². The summed E-state index contributed by atoms with van der Waals surface area (Å²) in [5, 5.41) is 5.94. The minimum atomic E-state index is -0.757. The first-order valence-electron chi connectivity index (χ1n) is 19.2. The number of ketones is 4. The number of fused-ring (bicyclic) bond motifs is 4. The van der Waals surface area contributed by atoms with Crippen molar-refractivity contribution in [3.05, 3.63) is 117 Å². The predicted octanol–water partition coefficient (Wildman–Crippen LogP) is 9.85. The van der Waals surface area contributed by atoms with Crippen LogP contribution in [0.3, 0.4) is 0 Å². The van der Waals surface area contributed by atoms with Crippen LogP contribution in [-0.2, 0) is 9.59 Å². The molecule has 3 aliphatic carbocycles. The Morgan fingerprint density at radius 2 is 1.00 bits per heavy atom. The van der Waals surface area contributed by atoms with Crippen LogP contribution in [0.5, 0.6) is 0 Å².